The molecule has 7 heteroatoms. The number of nitrogens with zero attached hydrogens (tertiary/aromatic N) is 3. The van der Waals surface area contributed by atoms with Gasteiger partial charge in [-0.15, -0.1) is 0 Å². The molecule has 2 aromatic carbocycles. The predicted octanol–water partition coefficient (Wildman–Crippen LogP) is 3.33. The summed E-state index contributed by atoms with van der Waals surface area (Å²) >= 11 is 0. The van der Waals surface area contributed by atoms with E-state index in [2.05, 4.69) is 34.3 Å². The third-order valence-corrected chi connectivity index (χ3v) is 5.60. The minimum atomic E-state index is -3.74. The predicted molar refractivity (Wildman–Crippen MR) is 105 cm³/mol. The molecule has 0 radical (unpaired) electrons. The van der Waals surface area contributed by atoms with Crippen LogP contribution in [0.2, 0.25) is 0 Å². The summed E-state index contributed by atoms with van der Waals surface area (Å²) in [4.78, 5) is 4.70. The third kappa shape index (κ3) is 3.22. The Hall–Kier alpha value is -3.03. The zero-order valence-corrected chi connectivity index (χ0v) is 15.7. The second-order valence-electron chi connectivity index (χ2n) is 6.56. The van der Waals surface area contributed by atoms with Crippen molar-refractivity contribution in [2.45, 2.75) is 18.7 Å². The summed E-state index contributed by atoms with van der Waals surface area (Å²) < 4.78 is 24.9. The maximum atomic E-state index is 11.6. The highest BCUT2D eigenvalue weighted by Crippen LogP contribution is 2.28. The second-order valence-corrected chi connectivity index (χ2v) is 8.09. The van der Waals surface area contributed by atoms with Crippen molar-refractivity contribution in [2.24, 2.45) is 5.14 Å². The summed E-state index contributed by atoms with van der Waals surface area (Å²) in [5, 5.41) is 9.65. The first-order chi connectivity index (χ1) is 12.8. The lowest BCUT2D eigenvalue weighted by Gasteiger charge is -2.06. The van der Waals surface area contributed by atoms with Crippen molar-refractivity contribution in [2.75, 3.05) is 0 Å². The lowest BCUT2D eigenvalue weighted by Crippen LogP contribution is -2.13. The molecule has 0 aliphatic carbocycles. The molecule has 4 rings (SSSR count). The SMILES string of the molecule is Cc1ccc(-c2cnc3c(-c4ccc(S(N)(=O)=O)c(C)c4)cnn3c2)cc1. The number of hydrogen-bond donors (Lipinski definition) is 1. The maximum absolute atomic E-state index is 11.6. The molecule has 2 N–H and O–H groups in total. The molecule has 0 amide bonds. The van der Waals surface area contributed by atoms with Crippen molar-refractivity contribution < 1.29 is 8.42 Å². The number of aryl methyl sites for hydroxylation is 2. The van der Waals surface area contributed by atoms with Crippen LogP contribution in [0.1, 0.15) is 11.1 Å². The highest BCUT2D eigenvalue weighted by Gasteiger charge is 2.14. The van der Waals surface area contributed by atoms with Crippen molar-refractivity contribution in [1.82, 2.24) is 14.6 Å². The Bertz CT molecular complexity index is 1260. The highest BCUT2D eigenvalue weighted by atomic mass is 32.2. The quantitative estimate of drug-likeness (QED) is 0.592. The maximum Gasteiger partial charge on any atom is 0.238 e. The van der Waals surface area contributed by atoms with Gasteiger partial charge in [0.2, 0.25) is 10.0 Å². The summed E-state index contributed by atoms with van der Waals surface area (Å²) in [6.45, 7) is 3.77. The van der Waals surface area contributed by atoms with E-state index in [1.54, 1.807) is 29.8 Å². The van der Waals surface area contributed by atoms with E-state index in [1.807, 2.05) is 19.3 Å². The number of nitrogens with two attached hydrogens (primary N) is 1. The summed E-state index contributed by atoms with van der Waals surface area (Å²) in [5.74, 6) is 0. The standard InChI is InChI=1S/C20H18N4O2S/c1-13-3-5-15(6-4-13)17-10-22-20-18(11-23-24(20)12-17)16-7-8-19(14(2)9-16)27(21,25)26/h3-12H,1-2H3,(H2,21,25,26). The van der Waals surface area contributed by atoms with E-state index < -0.39 is 10.0 Å². The molecule has 4 aromatic rings. The van der Waals surface area contributed by atoms with Crippen molar-refractivity contribution in [1.29, 1.82) is 0 Å². The third-order valence-electron chi connectivity index (χ3n) is 4.53. The Morgan fingerprint density at radius 3 is 2.30 bits per heavy atom. The van der Waals surface area contributed by atoms with E-state index >= 15 is 0 Å². The second kappa shape index (κ2) is 6.29. The van der Waals surface area contributed by atoms with Gasteiger partial charge < -0.3 is 0 Å². The Balaban J connectivity index is 1.78. The molecule has 2 aromatic heterocycles. The van der Waals surface area contributed by atoms with Crippen molar-refractivity contribution in [3.63, 3.8) is 0 Å². The smallest absolute Gasteiger partial charge is 0.236 e. The minimum Gasteiger partial charge on any atom is -0.236 e. The first kappa shape index (κ1) is 17.4. The summed E-state index contributed by atoms with van der Waals surface area (Å²) in [5.41, 5.74) is 6.20. The minimum absolute atomic E-state index is 0.123. The summed E-state index contributed by atoms with van der Waals surface area (Å²) in [7, 11) is -3.74. The van der Waals surface area contributed by atoms with Crippen LogP contribution in [0, 0.1) is 13.8 Å². The molecule has 0 aliphatic rings. The molecular weight excluding hydrogens is 360 g/mol. The van der Waals surface area contributed by atoms with Gasteiger partial charge >= 0.3 is 0 Å². The first-order valence-corrected chi connectivity index (χ1v) is 9.92. The normalized spacial score (nSPS) is 11.8. The number of benzene rings is 2. The fraction of sp³-hybridized carbons (Fsp3) is 0.100. The monoisotopic (exact) mass is 378 g/mol. The number of aromatic nitrogens is 3. The molecule has 0 bridgehead atoms. The van der Waals surface area contributed by atoms with Crippen LogP contribution in [0.5, 0.6) is 0 Å². The molecule has 0 atom stereocenters. The van der Waals surface area contributed by atoms with Gasteiger partial charge in [-0.25, -0.2) is 23.1 Å². The van der Waals surface area contributed by atoms with Gasteiger partial charge in [0.15, 0.2) is 5.65 Å². The highest BCUT2D eigenvalue weighted by molar-refractivity contribution is 7.89. The van der Waals surface area contributed by atoms with Crippen LogP contribution in [0.3, 0.4) is 0 Å². The number of hydrogen-bond acceptors (Lipinski definition) is 4. The van der Waals surface area contributed by atoms with Gasteiger partial charge in [-0.05, 0) is 42.7 Å². The van der Waals surface area contributed by atoms with E-state index in [-0.39, 0.29) is 4.90 Å². The molecule has 0 unspecified atom stereocenters. The van der Waals surface area contributed by atoms with Crippen molar-refractivity contribution >= 4 is 15.7 Å². The van der Waals surface area contributed by atoms with Crippen LogP contribution in [0.25, 0.3) is 27.9 Å². The molecule has 6 nitrogen and oxygen atoms in total. The zero-order valence-electron chi connectivity index (χ0n) is 14.9. The average Bonchev–Trinajstić information content (AvgIpc) is 3.04. The molecular formula is C20H18N4O2S. The first-order valence-electron chi connectivity index (χ1n) is 8.37. The Morgan fingerprint density at radius 1 is 0.926 bits per heavy atom. The van der Waals surface area contributed by atoms with Crippen LogP contribution in [-0.2, 0) is 10.0 Å². The van der Waals surface area contributed by atoms with Gasteiger partial charge in [0, 0.05) is 23.5 Å². The van der Waals surface area contributed by atoms with Crippen LogP contribution in [0.15, 0.2) is 66.0 Å². The molecule has 0 saturated heterocycles. The van der Waals surface area contributed by atoms with Crippen LogP contribution in [0.4, 0.5) is 0 Å². The largest absolute Gasteiger partial charge is 0.238 e. The van der Waals surface area contributed by atoms with E-state index in [0.717, 1.165) is 22.3 Å². The van der Waals surface area contributed by atoms with Gasteiger partial charge in [-0.2, -0.15) is 5.10 Å². The van der Waals surface area contributed by atoms with Crippen molar-refractivity contribution in [3.05, 3.63) is 72.2 Å². The Kier molecular flexibility index (Phi) is 4.05. The van der Waals surface area contributed by atoms with Gasteiger partial charge in [-0.1, -0.05) is 35.9 Å². The van der Waals surface area contributed by atoms with Gasteiger partial charge in [0.05, 0.1) is 11.1 Å². The van der Waals surface area contributed by atoms with E-state index in [0.29, 0.717) is 11.2 Å². The summed E-state index contributed by atoms with van der Waals surface area (Å²) in [6.07, 6.45) is 5.48. The van der Waals surface area contributed by atoms with E-state index in [9.17, 15) is 8.42 Å². The van der Waals surface area contributed by atoms with Gasteiger partial charge in [0.1, 0.15) is 0 Å². The van der Waals surface area contributed by atoms with Crippen LogP contribution < -0.4 is 5.14 Å². The van der Waals surface area contributed by atoms with Crippen LogP contribution in [-0.4, -0.2) is 23.0 Å². The van der Waals surface area contributed by atoms with E-state index in [1.165, 1.54) is 11.6 Å². The molecule has 27 heavy (non-hydrogen) atoms. The number of rotatable bonds is 3. The fourth-order valence-corrected chi connectivity index (χ4v) is 3.88. The lowest BCUT2D eigenvalue weighted by molar-refractivity contribution is 0.597. The van der Waals surface area contributed by atoms with Crippen LogP contribution >= 0.6 is 0 Å². The number of primary sulfonamides is 1. The Labute approximate surface area is 157 Å². The fourth-order valence-electron chi connectivity index (χ4n) is 3.11. The topological polar surface area (TPSA) is 90.3 Å². The molecule has 0 aliphatic heterocycles. The lowest BCUT2D eigenvalue weighted by atomic mass is 10.1. The van der Waals surface area contributed by atoms with E-state index in [4.69, 9.17) is 5.14 Å². The van der Waals surface area contributed by atoms with Gasteiger partial charge in [-0.3, -0.25) is 0 Å². The van der Waals surface area contributed by atoms with Crippen molar-refractivity contribution in [3.8, 4) is 22.3 Å². The molecule has 0 fully saturated rings. The number of fused-ring (bicyclic) bond motifs is 1. The zero-order chi connectivity index (χ0) is 19.2. The number of sulfonamides is 1. The molecule has 0 saturated carbocycles. The molecule has 2 heterocycles. The Morgan fingerprint density at radius 2 is 1.63 bits per heavy atom. The molecule has 0 spiro atoms. The summed E-state index contributed by atoms with van der Waals surface area (Å²) in [6, 6.07) is 13.2. The van der Waals surface area contributed by atoms with Gasteiger partial charge in [0.25, 0.3) is 0 Å². The average molecular weight is 378 g/mol. The molecule has 136 valence electrons.